The molecule has 0 fully saturated rings. The highest BCUT2D eigenvalue weighted by molar-refractivity contribution is 8.02. The predicted molar refractivity (Wildman–Crippen MR) is 81.9 cm³/mol. The number of anilines is 1. The summed E-state index contributed by atoms with van der Waals surface area (Å²) >= 11 is 2.92. The van der Waals surface area contributed by atoms with Gasteiger partial charge in [-0.05, 0) is 38.5 Å². The standard InChI is InChI=1S/C14H15FN2OS2/c1-8-4-5-11(6-12(8)15)17-13(18)10(3)20-14-16-9(2)7-19-14/h4-7,10H,1-3H3,(H,17,18)/t10-/m1/s1. The summed E-state index contributed by atoms with van der Waals surface area (Å²) < 4.78 is 14.3. The monoisotopic (exact) mass is 310 g/mol. The zero-order chi connectivity index (χ0) is 14.7. The Labute approximate surface area is 125 Å². The van der Waals surface area contributed by atoms with Gasteiger partial charge in [-0.15, -0.1) is 11.3 Å². The van der Waals surface area contributed by atoms with E-state index in [1.807, 2.05) is 12.3 Å². The van der Waals surface area contributed by atoms with Crippen LogP contribution in [0, 0.1) is 19.7 Å². The molecule has 0 bridgehead atoms. The largest absolute Gasteiger partial charge is 0.325 e. The van der Waals surface area contributed by atoms with Gasteiger partial charge < -0.3 is 5.32 Å². The fourth-order valence-corrected chi connectivity index (χ4v) is 3.49. The van der Waals surface area contributed by atoms with Gasteiger partial charge in [0.25, 0.3) is 0 Å². The van der Waals surface area contributed by atoms with Crippen molar-refractivity contribution in [1.82, 2.24) is 4.98 Å². The van der Waals surface area contributed by atoms with E-state index in [0.29, 0.717) is 11.3 Å². The third-order valence-corrected chi connectivity index (χ3v) is 4.87. The van der Waals surface area contributed by atoms with Gasteiger partial charge in [-0.25, -0.2) is 9.37 Å². The molecule has 1 N–H and O–H groups in total. The van der Waals surface area contributed by atoms with Crippen molar-refractivity contribution in [3.63, 3.8) is 0 Å². The lowest BCUT2D eigenvalue weighted by Crippen LogP contribution is -2.22. The summed E-state index contributed by atoms with van der Waals surface area (Å²) in [5.41, 5.74) is 1.98. The summed E-state index contributed by atoms with van der Waals surface area (Å²) in [6.07, 6.45) is 0. The summed E-state index contributed by atoms with van der Waals surface area (Å²) in [5, 5.41) is 4.37. The minimum Gasteiger partial charge on any atom is -0.325 e. The minimum atomic E-state index is -0.321. The number of aromatic nitrogens is 1. The van der Waals surface area contributed by atoms with Crippen LogP contribution < -0.4 is 5.32 Å². The lowest BCUT2D eigenvalue weighted by Gasteiger charge is -2.11. The SMILES string of the molecule is Cc1csc(S[C@H](C)C(=O)Nc2ccc(C)c(F)c2)n1. The summed E-state index contributed by atoms with van der Waals surface area (Å²) in [6, 6.07) is 4.67. The van der Waals surface area contributed by atoms with Gasteiger partial charge in [0.1, 0.15) is 5.82 Å². The quantitative estimate of drug-likeness (QED) is 0.867. The van der Waals surface area contributed by atoms with Crippen LogP contribution in [-0.2, 0) is 4.79 Å². The second-order valence-corrected chi connectivity index (χ2v) is 6.91. The van der Waals surface area contributed by atoms with E-state index in [1.54, 1.807) is 26.0 Å². The molecule has 0 unspecified atom stereocenters. The Balaban J connectivity index is 1.98. The van der Waals surface area contributed by atoms with E-state index in [1.165, 1.54) is 29.2 Å². The van der Waals surface area contributed by atoms with Crippen molar-refractivity contribution in [2.24, 2.45) is 0 Å². The molecule has 2 aromatic rings. The second-order valence-electron chi connectivity index (χ2n) is 4.47. The topological polar surface area (TPSA) is 42.0 Å². The maximum absolute atomic E-state index is 13.4. The first-order chi connectivity index (χ1) is 9.45. The zero-order valence-corrected chi connectivity index (χ0v) is 13.1. The Hall–Kier alpha value is -1.40. The molecule has 1 atom stereocenters. The van der Waals surface area contributed by atoms with E-state index in [0.717, 1.165) is 10.0 Å². The number of hydrogen-bond donors (Lipinski definition) is 1. The van der Waals surface area contributed by atoms with Crippen LogP contribution in [0.4, 0.5) is 10.1 Å². The van der Waals surface area contributed by atoms with Crippen LogP contribution in [0.2, 0.25) is 0 Å². The molecule has 0 radical (unpaired) electrons. The van der Waals surface area contributed by atoms with Gasteiger partial charge in [0, 0.05) is 16.8 Å². The molecule has 0 spiro atoms. The number of nitrogens with one attached hydrogen (secondary N) is 1. The van der Waals surface area contributed by atoms with Crippen LogP contribution in [-0.4, -0.2) is 16.1 Å². The molecule has 2 rings (SSSR count). The highest BCUT2D eigenvalue weighted by atomic mass is 32.2. The third kappa shape index (κ3) is 3.80. The molecule has 6 heteroatoms. The molecule has 1 heterocycles. The van der Waals surface area contributed by atoms with E-state index in [-0.39, 0.29) is 17.0 Å². The van der Waals surface area contributed by atoms with Crippen LogP contribution in [0.25, 0.3) is 0 Å². The van der Waals surface area contributed by atoms with Gasteiger partial charge >= 0.3 is 0 Å². The van der Waals surface area contributed by atoms with E-state index in [4.69, 9.17) is 0 Å². The number of hydrogen-bond acceptors (Lipinski definition) is 4. The maximum Gasteiger partial charge on any atom is 0.237 e. The Morgan fingerprint density at radius 3 is 2.80 bits per heavy atom. The molecule has 20 heavy (non-hydrogen) atoms. The van der Waals surface area contributed by atoms with Crippen molar-refractivity contribution >= 4 is 34.7 Å². The van der Waals surface area contributed by atoms with Crippen LogP contribution in [0.1, 0.15) is 18.2 Å². The number of rotatable bonds is 4. The third-order valence-electron chi connectivity index (χ3n) is 2.68. The average Bonchev–Trinajstić information content (AvgIpc) is 2.79. The van der Waals surface area contributed by atoms with Crippen molar-refractivity contribution in [1.29, 1.82) is 0 Å². The first-order valence-electron chi connectivity index (χ1n) is 6.11. The van der Waals surface area contributed by atoms with Crippen molar-refractivity contribution in [2.75, 3.05) is 5.32 Å². The highest BCUT2D eigenvalue weighted by Crippen LogP contribution is 2.27. The molecule has 1 aromatic heterocycles. The van der Waals surface area contributed by atoms with Crippen molar-refractivity contribution in [3.8, 4) is 0 Å². The highest BCUT2D eigenvalue weighted by Gasteiger charge is 2.16. The molecule has 0 aliphatic carbocycles. The van der Waals surface area contributed by atoms with Crippen molar-refractivity contribution < 1.29 is 9.18 Å². The van der Waals surface area contributed by atoms with Crippen molar-refractivity contribution in [3.05, 3.63) is 40.7 Å². The number of carbonyl (C=O) groups excluding carboxylic acids is 1. The van der Waals surface area contributed by atoms with Crippen molar-refractivity contribution in [2.45, 2.75) is 30.4 Å². The van der Waals surface area contributed by atoms with Crippen LogP contribution in [0.3, 0.4) is 0 Å². The fraction of sp³-hybridized carbons (Fsp3) is 0.286. The molecule has 0 aliphatic rings. The van der Waals surface area contributed by atoms with Gasteiger partial charge in [0.2, 0.25) is 5.91 Å². The molecule has 3 nitrogen and oxygen atoms in total. The van der Waals surface area contributed by atoms with E-state index in [9.17, 15) is 9.18 Å². The Morgan fingerprint density at radius 1 is 1.45 bits per heavy atom. The first-order valence-corrected chi connectivity index (χ1v) is 7.87. The number of thioether (sulfide) groups is 1. The van der Waals surface area contributed by atoms with Gasteiger partial charge in [-0.1, -0.05) is 17.8 Å². The summed E-state index contributed by atoms with van der Waals surface area (Å²) in [7, 11) is 0. The number of amides is 1. The number of aryl methyl sites for hydroxylation is 2. The number of halogens is 1. The number of benzene rings is 1. The Kier molecular flexibility index (Phi) is 4.77. The number of nitrogens with zero attached hydrogens (tertiary/aromatic N) is 1. The summed E-state index contributed by atoms with van der Waals surface area (Å²) in [5.74, 6) is -0.482. The summed E-state index contributed by atoms with van der Waals surface area (Å²) in [6.45, 7) is 5.41. The van der Waals surface area contributed by atoms with Crippen LogP contribution in [0.5, 0.6) is 0 Å². The average molecular weight is 310 g/mol. The van der Waals surface area contributed by atoms with E-state index < -0.39 is 0 Å². The van der Waals surface area contributed by atoms with E-state index in [2.05, 4.69) is 10.3 Å². The lowest BCUT2D eigenvalue weighted by atomic mass is 10.2. The summed E-state index contributed by atoms with van der Waals surface area (Å²) in [4.78, 5) is 16.3. The minimum absolute atomic E-state index is 0.161. The molecule has 0 aliphatic heterocycles. The first kappa shape index (κ1) is 15.0. The van der Waals surface area contributed by atoms with E-state index >= 15 is 0 Å². The predicted octanol–water partition coefficient (Wildman–Crippen LogP) is 4.02. The molecule has 1 aromatic carbocycles. The lowest BCUT2D eigenvalue weighted by molar-refractivity contribution is -0.115. The Bertz CT molecular complexity index is 627. The number of carbonyl (C=O) groups is 1. The molecule has 0 saturated carbocycles. The maximum atomic E-state index is 13.4. The fourth-order valence-electron chi connectivity index (χ4n) is 1.51. The van der Waals surface area contributed by atoms with Crippen LogP contribution in [0.15, 0.2) is 27.9 Å². The van der Waals surface area contributed by atoms with Gasteiger partial charge in [-0.3, -0.25) is 4.79 Å². The molecule has 1 amide bonds. The smallest absolute Gasteiger partial charge is 0.237 e. The molecular weight excluding hydrogens is 295 g/mol. The molecule has 0 saturated heterocycles. The normalized spacial score (nSPS) is 12.2. The van der Waals surface area contributed by atoms with Gasteiger partial charge in [0.05, 0.1) is 5.25 Å². The van der Waals surface area contributed by atoms with Gasteiger partial charge in [-0.2, -0.15) is 0 Å². The second kappa shape index (κ2) is 6.37. The number of thiazole rings is 1. The molecular formula is C14H15FN2OS2. The van der Waals surface area contributed by atoms with Crippen LogP contribution >= 0.6 is 23.1 Å². The molecule has 106 valence electrons. The Morgan fingerprint density at radius 2 is 2.20 bits per heavy atom. The van der Waals surface area contributed by atoms with Gasteiger partial charge in [0.15, 0.2) is 4.34 Å². The zero-order valence-electron chi connectivity index (χ0n) is 11.4.